The first-order valence-corrected chi connectivity index (χ1v) is 12.5. The first kappa shape index (κ1) is 23.1. The zero-order valence-electron chi connectivity index (χ0n) is 17.8. The van der Waals surface area contributed by atoms with Crippen molar-refractivity contribution in [2.45, 2.75) is 31.6 Å². The van der Waals surface area contributed by atoms with Gasteiger partial charge in [0.15, 0.2) is 0 Å². The van der Waals surface area contributed by atoms with Crippen molar-refractivity contribution in [1.82, 2.24) is 19.9 Å². The van der Waals surface area contributed by atoms with Crippen LogP contribution in [0.4, 0.5) is 11.9 Å². The first-order chi connectivity index (χ1) is 15.8. The molecule has 0 saturated carbocycles. The van der Waals surface area contributed by atoms with E-state index < -0.39 is 10.0 Å². The number of primary sulfonamides is 1. The summed E-state index contributed by atoms with van der Waals surface area (Å²) in [5, 5.41) is 8.69. The van der Waals surface area contributed by atoms with E-state index in [0.29, 0.717) is 46.4 Å². The second-order valence-corrected chi connectivity index (χ2v) is 9.73. The van der Waals surface area contributed by atoms with E-state index in [1.165, 1.54) is 18.8 Å². The van der Waals surface area contributed by atoms with E-state index in [1.807, 2.05) is 0 Å². The Labute approximate surface area is 197 Å². The van der Waals surface area contributed by atoms with Gasteiger partial charge in [0, 0.05) is 19.2 Å². The molecule has 3 aromatic rings. The third-order valence-corrected chi connectivity index (χ3v) is 5.88. The molecule has 10 nitrogen and oxygen atoms in total. The molecule has 0 atom stereocenters. The predicted octanol–water partition coefficient (Wildman–Crippen LogP) is 3.10. The van der Waals surface area contributed by atoms with Crippen LogP contribution in [0, 0.1) is 0 Å². The Balaban J connectivity index is 1.53. The lowest BCUT2D eigenvalue weighted by Gasteiger charge is -2.27. The van der Waals surface area contributed by atoms with Crippen LogP contribution >= 0.6 is 11.6 Å². The fourth-order valence-electron chi connectivity index (χ4n) is 3.42. The van der Waals surface area contributed by atoms with Crippen LogP contribution in [0.25, 0.3) is 0 Å². The monoisotopic (exact) mass is 489 g/mol. The molecule has 12 heteroatoms. The molecule has 0 amide bonds. The Morgan fingerprint density at radius 3 is 2.42 bits per heavy atom. The van der Waals surface area contributed by atoms with Gasteiger partial charge in [-0.15, -0.1) is 0 Å². The van der Waals surface area contributed by atoms with E-state index in [0.717, 1.165) is 25.9 Å². The van der Waals surface area contributed by atoms with Gasteiger partial charge in [0.05, 0.1) is 35.4 Å². The highest BCUT2D eigenvalue weighted by Crippen LogP contribution is 2.25. The summed E-state index contributed by atoms with van der Waals surface area (Å²) in [7, 11) is -3.60. The van der Waals surface area contributed by atoms with Gasteiger partial charge in [-0.3, -0.25) is 0 Å². The van der Waals surface area contributed by atoms with Gasteiger partial charge in [0.25, 0.3) is 0 Å². The molecule has 174 valence electrons. The molecule has 4 rings (SSSR count). The Bertz CT molecular complexity index is 1190. The van der Waals surface area contributed by atoms with Gasteiger partial charge in [0.2, 0.25) is 27.8 Å². The van der Waals surface area contributed by atoms with Crippen molar-refractivity contribution < 1.29 is 13.2 Å². The molecule has 3 heterocycles. The minimum absolute atomic E-state index is 0.234. The molecular weight excluding hydrogens is 466 g/mol. The number of hydrogen-bond acceptors (Lipinski definition) is 9. The molecule has 0 radical (unpaired) electrons. The van der Waals surface area contributed by atoms with Crippen molar-refractivity contribution in [3.8, 4) is 11.6 Å². The van der Waals surface area contributed by atoms with Crippen LogP contribution in [-0.2, 0) is 22.3 Å². The highest BCUT2D eigenvalue weighted by molar-refractivity contribution is 7.88. The third-order valence-electron chi connectivity index (χ3n) is 4.94. The normalized spacial score (nSPS) is 14.2. The summed E-state index contributed by atoms with van der Waals surface area (Å²) < 4.78 is 28.5. The lowest BCUT2D eigenvalue weighted by Crippen LogP contribution is -2.31. The number of halogens is 1. The topological polar surface area (TPSA) is 136 Å². The van der Waals surface area contributed by atoms with E-state index in [4.69, 9.17) is 26.5 Å². The summed E-state index contributed by atoms with van der Waals surface area (Å²) in [4.78, 5) is 19.7. The molecule has 33 heavy (non-hydrogen) atoms. The molecule has 0 aliphatic carbocycles. The molecule has 3 N–H and O–H groups in total. The van der Waals surface area contributed by atoms with Gasteiger partial charge in [-0.2, -0.15) is 4.98 Å². The maximum atomic E-state index is 11.3. The Kier molecular flexibility index (Phi) is 7.21. The van der Waals surface area contributed by atoms with E-state index in [-0.39, 0.29) is 5.75 Å². The second-order valence-electron chi connectivity index (χ2n) is 7.68. The van der Waals surface area contributed by atoms with Crippen LogP contribution in [0.1, 0.15) is 30.5 Å². The Morgan fingerprint density at radius 2 is 1.76 bits per heavy atom. The maximum absolute atomic E-state index is 11.3. The second kappa shape index (κ2) is 10.3. The van der Waals surface area contributed by atoms with E-state index >= 15 is 0 Å². The predicted molar refractivity (Wildman–Crippen MR) is 126 cm³/mol. The number of benzene rings is 1. The fourth-order valence-corrected chi connectivity index (χ4v) is 4.17. The lowest BCUT2D eigenvalue weighted by molar-refractivity contribution is 0.458. The highest BCUT2D eigenvalue weighted by atomic mass is 35.5. The summed E-state index contributed by atoms with van der Waals surface area (Å²) in [6, 6.07) is 8.43. The van der Waals surface area contributed by atoms with Crippen molar-refractivity contribution in [2.24, 2.45) is 5.14 Å². The third kappa shape index (κ3) is 6.98. The van der Waals surface area contributed by atoms with Gasteiger partial charge in [-0.1, -0.05) is 23.7 Å². The molecule has 2 aromatic heterocycles. The number of piperidine rings is 1. The van der Waals surface area contributed by atoms with Crippen LogP contribution in [-0.4, -0.2) is 41.4 Å². The number of ether oxygens (including phenoxy) is 1. The summed E-state index contributed by atoms with van der Waals surface area (Å²) in [5.74, 6) is 1.72. The van der Waals surface area contributed by atoms with Crippen molar-refractivity contribution in [2.75, 3.05) is 23.3 Å². The molecule has 0 unspecified atom stereocenters. The number of nitrogens with one attached hydrogen (secondary N) is 1. The maximum Gasteiger partial charge on any atom is 0.228 e. The van der Waals surface area contributed by atoms with Gasteiger partial charge < -0.3 is 15.0 Å². The standard InChI is InChI=1S/C21H24ClN7O3S/c22-16-11-24-20(25-12-16)26-13-17-10-19(28-21(27-17)29-8-2-1-3-9-29)32-18-6-4-15(5-7-18)14-33(23,30)31/h4-7,10-12H,1-3,8-9,13-14H2,(H2,23,30,31)(H,24,25,26). The van der Waals surface area contributed by atoms with Gasteiger partial charge in [0.1, 0.15) is 5.75 Å². The largest absolute Gasteiger partial charge is 0.439 e. The fraction of sp³-hybridized carbons (Fsp3) is 0.333. The number of aromatic nitrogens is 4. The molecule has 1 fully saturated rings. The van der Waals surface area contributed by atoms with Crippen LogP contribution in [0.5, 0.6) is 11.6 Å². The van der Waals surface area contributed by atoms with E-state index in [9.17, 15) is 8.42 Å². The summed E-state index contributed by atoms with van der Waals surface area (Å²) in [6.07, 6.45) is 6.41. The molecule has 1 aromatic carbocycles. The van der Waals surface area contributed by atoms with Crippen LogP contribution in [0.2, 0.25) is 5.02 Å². The van der Waals surface area contributed by atoms with Crippen molar-refractivity contribution in [3.63, 3.8) is 0 Å². The molecule has 0 spiro atoms. The van der Waals surface area contributed by atoms with Gasteiger partial charge >= 0.3 is 0 Å². The van der Waals surface area contributed by atoms with Crippen LogP contribution in [0.15, 0.2) is 42.7 Å². The van der Waals surface area contributed by atoms with Crippen molar-refractivity contribution >= 4 is 33.5 Å². The summed E-state index contributed by atoms with van der Waals surface area (Å²) >= 11 is 5.84. The lowest BCUT2D eigenvalue weighted by atomic mass is 10.1. The molecule has 1 aliphatic heterocycles. The first-order valence-electron chi connectivity index (χ1n) is 10.5. The zero-order valence-corrected chi connectivity index (χ0v) is 19.4. The minimum atomic E-state index is -3.60. The smallest absolute Gasteiger partial charge is 0.228 e. The molecule has 0 bridgehead atoms. The quantitative estimate of drug-likeness (QED) is 0.488. The average Bonchev–Trinajstić information content (AvgIpc) is 2.79. The molecule has 1 aliphatic rings. The minimum Gasteiger partial charge on any atom is -0.439 e. The Morgan fingerprint density at radius 1 is 1.06 bits per heavy atom. The number of nitrogens with zero attached hydrogens (tertiary/aromatic N) is 5. The number of hydrogen-bond donors (Lipinski definition) is 2. The highest BCUT2D eigenvalue weighted by Gasteiger charge is 2.16. The average molecular weight is 490 g/mol. The van der Waals surface area contributed by atoms with Crippen molar-refractivity contribution in [3.05, 3.63) is 59.0 Å². The number of rotatable bonds is 8. The van der Waals surface area contributed by atoms with E-state index in [2.05, 4.69) is 25.2 Å². The van der Waals surface area contributed by atoms with Gasteiger partial charge in [-0.25, -0.2) is 28.5 Å². The van der Waals surface area contributed by atoms with Crippen molar-refractivity contribution in [1.29, 1.82) is 0 Å². The number of nitrogens with two attached hydrogens (primary N) is 1. The molecular formula is C21H24ClN7O3S. The van der Waals surface area contributed by atoms with E-state index in [1.54, 1.807) is 30.3 Å². The molecule has 1 saturated heterocycles. The summed E-state index contributed by atoms with van der Waals surface area (Å²) in [6.45, 7) is 2.15. The number of sulfonamides is 1. The summed E-state index contributed by atoms with van der Waals surface area (Å²) in [5.41, 5.74) is 1.29. The van der Waals surface area contributed by atoms with Gasteiger partial charge in [-0.05, 0) is 37.0 Å². The van der Waals surface area contributed by atoms with Crippen LogP contribution < -0.4 is 20.1 Å². The number of anilines is 2. The zero-order chi connectivity index (χ0) is 23.3. The SMILES string of the molecule is NS(=O)(=O)Cc1ccc(Oc2cc(CNc3ncc(Cl)cn3)nc(N3CCCCC3)n2)cc1. The Hall–Kier alpha value is -3.02. The van der Waals surface area contributed by atoms with Crippen LogP contribution in [0.3, 0.4) is 0 Å².